The number of carbonyl (C=O) groups is 1. The molecule has 0 aliphatic carbocycles. The van der Waals surface area contributed by atoms with Crippen LogP contribution in [0.15, 0.2) is 36.5 Å². The zero-order chi connectivity index (χ0) is 25.3. The maximum atomic E-state index is 14.0. The third kappa shape index (κ3) is 5.78. The van der Waals surface area contributed by atoms with Crippen molar-refractivity contribution in [2.24, 2.45) is 5.73 Å². The molecule has 2 aromatic heterocycles. The molecule has 1 aliphatic heterocycles. The summed E-state index contributed by atoms with van der Waals surface area (Å²) in [5, 5.41) is 7.02. The van der Waals surface area contributed by atoms with E-state index in [0.717, 1.165) is 4.57 Å². The molecule has 14 heteroatoms. The van der Waals surface area contributed by atoms with Gasteiger partial charge in [-0.15, -0.1) is 22.6 Å². The number of hydrogen-bond donors (Lipinski definition) is 1. The molecule has 0 bridgehead atoms. The van der Waals surface area contributed by atoms with E-state index >= 15 is 0 Å². The van der Waals surface area contributed by atoms with E-state index in [9.17, 15) is 31.1 Å². The lowest BCUT2D eigenvalue weighted by molar-refractivity contribution is -0.148. The molecule has 0 radical (unpaired) electrons. The first-order valence-electron chi connectivity index (χ1n) is 10.6. The van der Waals surface area contributed by atoms with Crippen molar-refractivity contribution in [2.75, 3.05) is 6.54 Å². The molecule has 36 heavy (non-hydrogen) atoms. The first kappa shape index (κ1) is 27.4. The van der Waals surface area contributed by atoms with Crippen LogP contribution in [0.4, 0.5) is 26.3 Å². The molecule has 3 aromatic rings. The topological polar surface area (TPSA) is 89.9 Å². The Morgan fingerprint density at radius 2 is 1.81 bits per heavy atom. The Bertz CT molecular complexity index is 1220. The molecule has 1 aliphatic rings. The Hall–Kier alpha value is -3.19. The molecular weight excluding hydrogens is 514 g/mol. The number of halogens is 7. The van der Waals surface area contributed by atoms with Crippen LogP contribution in [0.25, 0.3) is 0 Å². The molecule has 2 atom stereocenters. The first-order valence-corrected chi connectivity index (χ1v) is 10.6. The number of nitrogens with two attached hydrogens (primary N) is 1. The Morgan fingerprint density at radius 3 is 2.47 bits per heavy atom. The monoisotopic (exact) mass is 534 g/mol. The highest BCUT2D eigenvalue weighted by Crippen LogP contribution is 2.34. The number of rotatable bonds is 6. The van der Waals surface area contributed by atoms with Crippen LogP contribution in [0, 0.1) is 17.5 Å². The second kappa shape index (κ2) is 10.8. The number of benzene rings is 1. The minimum Gasteiger partial charge on any atom is -0.330 e. The van der Waals surface area contributed by atoms with Crippen LogP contribution in [-0.2, 0) is 30.4 Å². The molecule has 2 N–H and O–H groups in total. The standard InChI is InChI=1S/C22H20F6N6O.ClH/c23-15-11-17(25)16(24)8-12(15)7-13(29)9-19(35)33-5-6-34-20(31-32-21(34)22(26,27)28)18(33)10-14-3-1-2-4-30-14;/h1-4,8,11,13,18H,5-7,9-10,29H2;1H/t13-,18-;/m1./s1. The molecule has 1 aromatic carbocycles. The number of alkyl halides is 3. The Morgan fingerprint density at radius 1 is 1.08 bits per heavy atom. The Balaban J connectivity index is 0.00000361. The molecule has 3 heterocycles. The summed E-state index contributed by atoms with van der Waals surface area (Å²) in [5.74, 6) is -5.29. The fourth-order valence-corrected chi connectivity index (χ4v) is 4.13. The van der Waals surface area contributed by atoms with Crippen molar-refractivity contribution in [2.45, 2.75) is 44.1 Å². The Labute approximate surface area is 207 Å². The van der Waals surface area contributed by atoms with Gasteiger partial charge in [-0.05, 0) is 30.2 Å². The summed E-state index contributed by atoms with van der Waals surface area (Å²) in [6, 6.07) is 4.27. The van der Waals surface area contributed by atoms with Crippen LogP contribution >= 0.6 is 12.4 Å². The number of carbonyl (C=O) groups excluding carboxylic acids is 1. The van der Waals surface area contributed by atoms with E-state index in [4.69, 9.17) is 5.73 Å². The van der Waals surface area contributed by atoms with Crippen LogP contribution in [-0.4, -0.2) is 43.1 Å². The normalized spacial score (nSPS) is 16.3. The second-order valence-electron chi connectivity index (χ2n) is 8.19. The number of amides is 1. The van der Waals surface area contributed by atoms with Gasteiger partial charge in [0, 0.05) is 49.9 Å². The highest BCUT2D eigenvalue weighted by molar-refractivity contribution is 5.85. The SMILES string of the molecule is Cl.N[C@@H](CC(=O)N1CCn2c(nnc2C(F)(F)F)[C@H]1Cc1ccccn1)Cc1cc(F)c(F)cc1F. The van der Waals surface area contributed by atoms with Gasteiger partial charge < -0.3 is 15.2 Å². The van der Waals surface area contributed by atoms with Crippen molar-refractivity contribution in [3.05, 3.63) is 76.9 Å². The quantitative estimate of drug-likeness (QED) is 0.385. The summed E-state index contributed by atoms with van der Waals surface area (Å²) < 4.78 is 81.7. The van der Waals surface area contributed by atoms with Gasteiger partial charge in [0.15, 0.2) is 17.5 Å². The van der Waals surface area contributed by atoms with Crippen LogP contribution < -0.4 is 5.73 Å². The minimum absolute atomic E-state index is 0. The summed E-state index contributed by atoms with van der Waals surface area (Å²) in [5.41, 5.74) is 6.33. The zero-order valence-corrected chi connectivity index (χ0v) is 19.4. The molecule has 194 valence electrons. The van der Waals surface area contributed by atoms with Crippen molar-refractivity contribution < 1.29 is 31.1 Å². The van der Waals surface area contributed by atoms with Crippen LogP contribution in [0.2, 0.25) is 0 Å². The number of aromatic nitrogens is 4. The number of pyridine rings is 1. The minimum atomic E-state index is -4.72. The van der Waals surface area contributed by atoms with Crippen molar-refractivity contribution >= 4 is 18.3 Å². The summed E-state index contributed by atoms with van der Waals surface area (Å²) in [4.78, 5) is 18.7. The lowest BCUT2D eigenvalue weighted by Gasteiger charge is -2.36. The average Bonchev–Trinajstić information content (AvgIpc) is 3.23. The lowest BCUT2D eigenvalue weighted by Crippen LogP contribution is -2.46. The summed E-state index contributed by atoms with van der Waals surface area (Å²) >= 11 is 0. The van der Waals surface area contributed by atoms with Crippen molar-refractivity contribution in [1.29, 1.82) is 0 Å². The van der Waals surface area contributed by atoms with Gasteiger partial charge in [0.05, 0.1) is 6.04 Å². The summed E-state index contributed by atoms with van der Waals surface area (Å²) in [6.07, 6.45) is -3.68. The van der Waals surface area contributed by atoms with E-state index in [1.165, 1.54) is 11.1 Å². The van der Waals surface area contributed by atoms with Gasteiger partial charge in [-0.2, -0.15) is 13.2 Å². The highest BCUT2D eigenvalue weighted by Gasteiger charge is 2.43. The maximum Gasteiger partial charge on any atom is 0.451 e. The van der Waals surface area contributed by atoms with E-state index in [2.05, 4.69) is 15.2 Å². The van der Waals surface area contributed by atoms with Gasteiger partial charge in [0.1, 0.15) is 5.82 Å². The van der Waals surface area contributed by atoms with E-state index < -0.39 is 47.4 Å². The van der Waals surface area contributed by atoms with Crippen LogP contribution in [0.5, 0.6) is 0 Å². The highest BCUT2D eigenvalue weighted by atomic mass is 35.5. The lowest BCUT2D eigenvalue weighted by atomic mass is 10.0. The average molecular weight is 535 g/mol. The Kier molecular flexibility index (Phi) is 8.24. The van der Waals surface area contributed by atoms with Crippen molar-refractivity contribution in [3.8, 4) is 0 Å². The number of nitrogens with zero attached hydrogens (tertiary/aromatic N) is 5. The summed E-state index contributed by atoms with van der Waals surface area (Å²) in [6.45, 7) is -0.259. The molecule has 0 saturated heterocycles. The smallest absolute Gasteiger partial charge is 0.330 e. The number of hydrogen-bond acceptors (Lipinski definition) is 5. The molecule has 0 unspecified atom stereocenters. The summed E-state index contributed by atoms with van der Waals surface area (Å²) in [7, 11) is 0. The molecule has 4 rings (SSSR count). The largest absolute Gasteiger partial charge is 0.451 e. The molecule has 1 amide bonds. The molecular formula is C22H21ClF6N6O. The molecule has 0 saturated carbocycles. The maximum absolute atomic E-state index is 14.0. The van der Waals surface area contributed by atoms with Gasteiger partial charge >= 0.3 is 6.18 Å². The van der Waals surface area contributed by atoms with Gasteiger partial charge in [0.25, 0.3) is 0 Å². The zero-order valence-electron chi connectivity index (χ0n) is 18.6. The third-order valence-corrected chi connectivity index (χ3v) is 5.73. The van der Waals surface area contributed by atoms with Gasteiger partial charge in [0.2, 0.25) is 11.7 Å². The fraction of sp³-hybridized carbons (Fsp3) is 0.364. The van der Waals surface area contributed by atoms with E-state index in [0.29, 0.717) is 17.8 Å². The third-order valence-electron chi connectivity index (χ3n) is 5.73. The molecule has 0 spiro atoms. The van der Waals surface area contributed by atoms with Gasteiger partial charge in [-0.3, -0.25) is 9.78 Å². The van der Waals surface area contributed by atoms with Crippen molar-refractivity contribution in [1.82, 2.24) is 24.6 Å². The van der Waals surface area contributed by atoms with Crippen LogP contribution in [0.1, 0.15) is 35.4 Å². The second-order valence-corrected chi connectivity index (χ2v) is 8.19. The van der Waals surface area contributed by atoms with Gasteiger partial charge in [-0.1, -0.05) is 6.07 Å². The first-order chi connectivity index (χ1) is 16.5. The van der Waals surface area contributed by atoms with E-state index in [1.54, 1.807) is 18.2 Å². The predicted molar refractivity (Wildman–Crippen MR) is 117 cm³/mol. The van der Waals surface area contributed by atoms with E-state index in [1.807, 2.05) is 0 Å². The van der Waals surface area contributed by atoms with Crippen LogP contribution in [0.3, 0.4) is 0 Å². The number of fused-ring (bicyclic) bond motifs is 1. The fourth-order valence-electron chi connectivity index (χ4n) is 4.13. The van der Waals surface area contributed by atoms with E-state index in [-0.39, 0.29) is 56.1 Å². The molecule has 0 fully saturated rings. The predicted octanol–water partition coefficient (Wildman–Crippen LogP) is 3.62. The molecule has 7 nitrogen and oxygen atoms in total. The van der Waals surface area contributed by atoms with Crippen molar-refractivity contribution in [3.63, 3.8) is 0 Å². The van der Waals surface area contributed by atoms with Gasteiger partial charge in [-0.25, -0.2) is 13.2 Å².